The molecule has 0 bridgehead atoms. The first-order valence-electron chi connectivity index (χ1n) is 8.18. The van der Waals surface area contributed by atoms with Crippen LogP contribution in [0.15, 0.2) is 41.1 Å². The van der Waals surface area contributed by atoms with Gasteiger partial charge in [0.15, 0.2) is 0 Å². The quantitative estimate of drug-likeness (QED) is 0.662. The van der Waals surface area contributed by atoms with Crippen LogP contribution < -0.4 is 5.32 Å². The van der Waals surface area contributed by atoms with Gasteiger partial charge in [0.1, 0.15) is 5.82 Å². The van der Waals surface area contributed by atoms with Crippen LogP contribution in [0.4, 0.5) is 10.1 Å². The van der Waals surface area contributed by atoms with Crippen LogP contribution in [0.1, 0.15) is 23.4 Å². The highest BCUT2D eigenvalue weighted by molar-refractivity contribution is 9.10. The van der Waals surface area contributed by atoms with Crippen LogP contribution in [0, 0.1) is 19.7 Å². The van der Waals surface area contributed by atoms with Crippen molar-refractivity contribution in [1.29, 1.82) is 0 Å². The molecule has 0 saturated carbocycles. The Morgan fingerprint density at radius 3 is 2.65 bits per heavy atom. The topological polar surface area (TPSA) is 64.7 Å². The van der Waals surface area contributed by atoms with Gasteiger partial charge in [0.2, 0.25) is 5.91 Å². The van der Waals surface area contributed by atoms with E-state index < -0.39 is 0 Å². The molecule has 0 aliphatic carbocycles. The first-order chi connectivity index (χ1) is 12.4. The van der Waals surface area contributed by atoms with Gasteiger partial charge in [-0.1, -0.05) is 12.1 Å². The zero-order valence-electron chi connectivity index (χ0n) is 14.5. The van der Waals surface area contributed by atoms with Crippen LogP contribution >= 0.6 is 15.9 Å². The smallest absolute Gasteiger partial charge is 0.226 e. The van der Waals surface area contributed by atoms with Crippen molar-refractivity contribution in [2.24, 2.45) is 0 Å². The second-order valence-corrected chi connectivity index (χ2v) is 6.97. The molecule has 1 amide bonds. The summed E-state index contributed by atoms with van der Waals surface area (Å²) in [6.45, 7) is 4.78. The molecule has 0 aliphatic rings. The average Bonchev–Trinajstić information content (AvgIpc) is 3.13. The number of nitrogens with zero attached hydrogens (tertiary/aromatic N) is 4. The van der Waals surface area contributed by atoms with Crippen molar-refractivity contribution in [3.8, 4) is 0 Å². The summed E-state index contributed by atoms with van der Waals surface area (Å²) in [5.41, 5.74) is 3.28. The first-order valence-corrected chi connectivity index (χ1v) is 8.98. The fourth-order valence-electron chi connectivity index (χ4n) is 2.67. The number of anilines is 1. The monoisotopic (exact) mass is 419 g/mol. The van der Waals surface area contributed by atoms with Crippen molar-refractivity contribution in [1.82, 2.24) is 19.6 Å². The van der Waals surface area contributed by atoms with Crippen molar-refractivity contribution in [3.05, 3.63) is 63.9 Å². The van der Waals surface area contributed by atoms with Gasteiger partial charge in [0.05, 0.1) is 34.3 Å². The van der Waals surface area contributed by atoms with Crippen molar-refractivity contribution in [3.63, 3.8) is 0 Å². The van der Waals surface area contributed by atoms with Crippen LogP contribution in [-0.4, -0.2) is 25.5 Å². The van der Waals surface area contributed by atoms with E-state index in [0.29, 0.717) is 19.5 Å². The zero-order valence-corrected chi connectivity index (χ0v) is 16.1. The Hall–Kier alpha value is -2.48. The Kier molecular flexibility index (Phi) is 5.51. The lowest BCUT2D eigenvalue weighted by molar-refractivity contribution is -0.116. The molecule has 3 rings (SSSR count). The number of aromatic nitrogens is 4. The molecule has 0 saturated heterocycles. The number of nitrogens with one attached hydrogen (secondary N) is 1. The Morgan fingerprint density at radius 1 is 1.27 bits per heavy atom. The molecular weight excluding hydrogens is 401 g/mol. The lowest BCUT2D eigenvalue weighted by Gasteiger charge is -2.08. The Balaban J connectivity index is 1.65. The maximum absolute atomic E-state index is 13.0. The van der Waals surface area contributed by atoms with Crippen molar-refractivity contribution < 1.29 is 9.18 Å². The van der Waals surface area contributed by atoms with E-state index in [-0.39, 0.29) is 11.7 Å². The van der Waals surface area contributed by atoms with Crippen LogP contribution in [-0.2, 0) is 17.9 Å². The molecule has 0 aliphatic heterocycles. The van der Waals surface area contributed by atoms with Gasteiger partial charge in [0, 0.05) is 19.2 Å². The van der Waals surface area contributed by atoms with Gasteiger partial charge in [-0.3, -0.25) is 14.2 Å². The van der Waals surface area contributed by atoms with Gasteiger partial charge >= 0.3 is 0 Å². The number of benzene rings is 1. The molecule has 0 fully saturated rings. The maximum atomic E-state index is 13.0. The van der Waals surface area contributed by atoms with Gasteiger partial charge in [-0.05, 0) is 47.5 Å². The third-order valence-electron chi connectivity index (χ3n) is 4.06. The summed E-state index contributed by atoms with van der Waals surface area (Å²) in [5.74, 6) is -0.358. The number of rotatable bonds is 6. The molecule has 0 unspecified atom stereocenters. The molecule has 3 aromatic rings. The molecule has 26 heavy (non-hydrogen) atoms. The summed E-state index contributed by atoms with van der Waals surface area (Å²) in [7, 11) is 0. The number of hydrogen-bond acceptors (Lipinski definition) is 3. The first kappa shape index (κ1) is 18.3. The lowest BCUT2D eigenvalue weighted by Crippen LogP contribution is -2.15. The second-order valence-electron chi connectivity index (χ2n) is 6.05. The van der Waals surface area contributed by atoms with Crippen LogP contribution in [0.2, 0.25) is 0 Å². The number of amides is 1. The predicted molar refractivity (Wildman–Crippen MR) is 100 cm³/mol. The number of hydrogen-bond donors (Lipinski definition) is 1. The number of halogens is 2. The summed E-state index contributed by atoms with van der Waals surface area (Å²) < 4.78 is 17.4. The molecule has 8 heteroatoms. The molecule has 0 spiro atoms. The van der Waals surface area contributed by atoms with Crippen molar-refractivity contribution in [2.75, 3.05) is 5.32 Å². The lowest BCUT2D eigenvalue weighted by atomic mass is 10.2. The van der Waals surface area contributed by atoms with E-state index in [1.165, 1.54) is 12.1 Å². The highest BCUT2D eigenvalue weighted by atomic mass is 79.9. The summed E-state index contributed by atoms with van der Waals surface area (Å²) in [4.78, 5) is 12.3. The van der Waals surface area contributed by atoms with E-state index in [1.54, 1.807) is 23.0 Å². The zero-order chi connectivity index (χ0) is 18.7. The van der Waals surface area contributed by atoms with Gasteiger partial charge in [-0.25, -0.2) is 4.39 Å². The van der Waals surface area contributed by atoms with E-state index in [4.69, 9.17) is 0 Å². The van der Waals surface area contributed by atoms with Crippen molar-refractivity contribution >= 4 is 27.5 Å². The minimum atomic E-state index is -0.265. The highest BCUT2D eigenvalue weighted by Gasteiger charge is 2.14. The largest absolute Gasteiger partial charge is 0.323 e. The SMILES string of the molecule is Cc1nn(Cc2ccc(F)cc2)c(C)c1NC(=O)CCn1cc(Br)cn1. The van der Waals surface area contributed by atoms with Gasteiger partial charge in [-0.2, -0.15) is 10.2 Å². The Bertz CT molecular complexity index is 916. The molecule has 1 aromatic carbocycles. The minimum absolute atomic E-state index is 0.0934. The molecule has 6 nitrogen and oxygen atoms in total. The summed E-state index contributed by atoms with van der Waals surface area (Å²) in [6.07, 6.45) is 3.83. The van der Waals surface area contributed by atoms with E-state index in [2.05, 4.69) is 31.4 Å². The maximum Gasteiger partial charge on any atom is 0.226 e. The summed E-state index contributed by atoms with van der Waals surface area (Å²) in [6, 6.07) is 6.31. The third-order valence-corrected chi connectivity index (χ3v) is 4.47. The highest BCUT2D eigenvalue weighted by Crippen LogP contribution is 2.21. The molecule has 1 N–H and O–H groups in total. The van der Waals surface area contributed by atoms with Crippen LogP contribution in [0.5, 0.6) is 0 Å². The molecule has 0 atom stereocenters. The summed E-state index contributed by atoms with van der Waals surface area (Å²) >= 11 is 3.33. The molecule has 2 heterocycles. The third kappa shape index (κ3) is 4.37. The average molecular weight is 420 g/mol. The Morgan fingerprint density at radius 2 is 2.00 bits per heavy atom. The number of carbonyl (C=O) groups excluding carboxylic acids is 1. The van der Waals surface area contributed by atoms with Crippen LogP contribution in [0.25, 0.3) is 0 Å². The molecule has 136 valence electrons. The molecule has 0 radical (unpaired) electrons. The number of aryl methyl sites for hydroxylation is 2. The van der Waals surface area contributed by atoms with E-state index in [1.807, 2.05) is 24.7 Å². The van der Waals surface area contributed by atoms with Gasteiger partial charge < -0.3 is 5.32 Å². The fourth-order valence-corrected chi connectivity index (χ4v) is 3.00. The van der Waals surface area contributed by atoms with Gasteiger partial charge in [-0.15, -0.1) is 0 Å². The molecular formula is C18H19BrFN5O. The van der Waals surface area contributed by atoms with E-state index >= 15 is 0 Å². The summed E-state index contributed by atoms with van der Waals surface area (Å²) in [5, 5.41) is 11.6. The van der Waals surface area contributed by atoms with E-state index in [9.17, 15) is 9.18 Å². The normalized spacial score (nSPS) is 10.9. The number of carbonyl (C=O) groups is 1. The minimum Gasteiger partial charge on any atom is -0.323 e. The second kappa shape index (κ2) is 7.82. The standard InChI is InChI=1S/C18H19BrFN5O/c1-12-18(22-17(26)7-8-24-11-15(19)9-21-24)13(2)25(23-12)10-14-3-5-16(20)6-4-14/h3-6,9,11H,7-8,10H2,1-2H3,(H,22,26). The van der Waals surface area contributed by atoms with Gasteiger partial charge in [0.25, 0.3) is 0 Å². The Labute approximate surface area is 159 Å². The predicted octanol–water partition coefficient (Wildman–Crippen LogP) is 3.68. The fraction of sp³-hybridized carbons (Fsp3) is 0.278. The molecule has 2 aromatic heterocycles. The van der Waals surface area contributed by atoms with Crippen LogP contribution in [0.3, 0.4) is 0 Å². The van der Waals surface area contributed by atoms with E-state index in [0.717, 1.165) is 27.1 Å². The van der Waals surface area contributed by atoms with Crippen molar-refractivity contribution in [2.45, 2.75) is 33.4 Å².